The quantitative estimate of drug-likeness (QED) is 0.125. The van der Waals surface area contributed by atoms with Crippen LogP contribution in [0.5, 0.6) is 0 Å². The highest BCUT2D eigenvalue weighted by Gasteiger charge is 2.58. The summed E-state index contributed by atoms with van der Waals surface area (Å²) >= 11 is 0. The van der Waals surface area contributed by atoms with E-state index in [-0.39, 0.29) is 23.4 Å². The zero-order valence-electron chi connectivity index (χ0n) is 26.7. The van der Waals surface area contributed by atoms with Gasteiger partial charge in [-0.05, 0) is 73.5 Å². The average Bonchev–Trinajstić information content (AvgIpc) is 2.92. The largest absolute Gasteiger partial charge is 0.481 e. The Hall–Kier alpha value is -0.610. The van der Waals surface area contributed by atoms with Crippen LogP contribution in [0.2, 0.25) is 0 Å². The normalized spacial score (nSPS) is 34.9. The first-order chi connectivity index (χ1) is 19.5. The van der Waals surface area contributed by atoms with Gasteiger partial charge in [0, 0.05) is 0 Å². The molecule has 234 valence electrons. The maximum Gasteiger partial charge on any atom is 0.307 e. The van der Waals surface area contributed by atoms with Gasteiger partial charge in [-0.25, -0.2) is 4.89 Å². The van der Waals surface area contributed by atoms with Gasteiger partial charge >= 0.3 is 5.97 Å². The third kappa shape index (κ3) is 8.95. The molecule has 0 aliphatic heterocycles. The lowest BCUT2D eigenvalue weighted by molar-refractivity contribution is -0.328. The van der Waals surface area contributed by atoms with E-state index < -0.39 is 5.97 Å². The van der Waals surface area contributed by atoms with Crippen LogP contribution < -0.4 is 0 Å². The molecule has 0 amide bonds. The van der Waals surface area contributed by atoms with E-state index in [9.17, 15) is 15.2 Å². The molecule has 0 aromatic heterocycles. The van der Waals surface area contributed by atoms with Gasteiger partial charge in [-0.15, -0.1) is 0 Å². The summed E-state index contributed by atoms with van der Waals surface area (Å²) in [6.07, 6.45) is 28.3. The van der Waals surface area contributed by atoms with Crippen molar-refractivity contribution in [3.8, 4) is 0 Å². The minimum absolute atomic E-state index is 0.148. The van der Waals surface area contributed by atoms with Gasteiger partial charge in [0.05, 0.1) is 12.0 Å². The van der Waals surface area contributed by atoms with E-state index in [4.69, 9.17) is 4.89 Å². The maximum absolute atomic E-state index is 13.1. The molecule has 3 aliphatic carbocycles. The molecule has 0 saturated heterocycles. The Bertz CT molecular complexity index is 694. The van der Waals surface area contributed by atoms with Crippen molar-refractivity contribution in [2.45, 2.75) is 181 Å². The number of unbranched alkanes of at least 4 members (excludes halogenated alkanes) is 6. The minimum Gasteiger partial charge on any atom is -0.481 e. The first kappa shape index (κ1) is 33.9. The molecule has 3 rings (SSSR count). The number of carboxylic acids is 1. The van der Waals surface area contributed by atoms with E-state index in [2.05, 4.69) is 20.8 Å². The number of hydrogen-bond acceptors (Lipinski definition) is 3. The second-order valence-corrected chi connectivity index (χ2v) is 14.5. The number of carboxylic acid groups (broad SMARTS) is 1. The van der Waals surface area contributed by atoms with E-state index in [0.29, 0.717) is 23.7 Å². The molecule has 1 spiro atoms. The molecule has 0 heterocycles. The molecule has 0 bridgehead atoms. The number of hydrogen-bond donors (Lipinski definition) is 2. The Morgan fingerprint density at radius 1 is 0.775 bits per heavy atom. The van der Waals surface area contributed by atoms with Crippen molar-refractivity contribution in [3.05, 3.63) is 0 Å². The molecule has 4 heteroatoms. The average molecular weight is 563 g/mol. The summed E-state index contributed by atoms with van der Waals surface area (Å²) in [7, 11) is 0. The number of aliphatic carboxylic acids is 1. The second-order valence-electron chi connectivity index (χ2n) is 14.5. The van der Waals surface area contributed by atoms with Gasteiger partial charge in [0.15, 0.2) is 0 Å². The Morgan fingerprint density at radius 2 is 1.40 bits per heavy atom. The first-order valence-corrected chi connectivity index (χ1v) is 18.0. The Morgan fingerprint density at radius 3 is 2.05 bits per heavy atom. The molecular weight excluding hydrogens is 496 g/mol. The molecule has 0 radical (unpaired) electrons. The molecule has 8 atom stereocenters. The predicted molar refractivity (Wildman–Crippen MR) is 166 cm³/mol. The van der Waals surface area contributed by atoms with Crippen molar-refractivity contribution in [2.24, 2.45) is 40.9 Å². The zero-order valence-corrected chi connectivity index (χ0v) is 26.7. The summed E-state index contributed by atoms with van der Waals surface area (Å²) in [5, 5.41) is 21.7. The van der Waals surface area contributed by atoms with Gasteiger partial charge in [0.25, 0.3) is 0 Å². The van der Waals surface area contributed by atoms with Crippen LogP contribution in [0.3, 0.4) is 0 Å². The van der Waals surface area contributed by atoms with Gasteiger partial charge < -0.3 is 5.11 Å². The maximum atomic E-state index is 13.1. The standard InChI is InChI=1S/C36H66O4/c1-4-6-8-15-21-29-25-27-36(26-19-13-12-18-24-32(36)35(37)38)33(31(29)23-16-9-7-5-2)34(40-39)30-22-17-11-10-14-20-28(30)3/h28-34,39H,4-27H2,1-3H3,(H,37,38). The van der Waals surface area contributed by atoms with Crippen molar-refractivity contribution < 1.29 is 20.0 Å². The fraction of sp³-hybridized carbons (Fsp3) is 0.972. The number of carbonyl (C=O) groups is 1. The lowest BCUT2D eigenvalue weighted by Crippen LogP contribution is -2.57. The monoisotopic (exact) mass is 562 g/mol. The summed E-state index contributed by atoms with van der Waals surface area (Å²) in [4.78, 5) is 18.9. The van der Waals surface area contributed by atoms with Gasteiger partial charge in [-0.2, -0.15) is 0 Å². The molecule has 8 unspecified atom stereocenters. The second kappa shape index (κ2) is 18.1. The van der Waals surface area contributed by atoms with Gasteiger partial charge in [0.1, 0.15) is 0 Å². The highest BCUT2D eigenvalue weighted by Crippen LogP contribution is 2.61. The van der Waals surface area contributed by atoms with Gasteiger partial charge in [0.2, 0.25) is 0 Å². The molecular formula is C36H66O4. The van der Waals surface area contributed by atoms with E-state index >= 15 is 0 Å². The smallest absolute Gasteiger partial charge is 0.307 e. The molecule has 3 fully saturated rings. The summed E-state index contributed by atoms with van der Waals surface area (Å²) in [5.41, 5.74) is -0.253. The molecule has 40 heavy (non-hydrogen) atoms. The zero-order chi connectivity index (χ0) is 28.8. The van der Waals surface area contributed by atoms with Crippen molar-refractivity contribution in [1.82, 2.24) is 0 Å². The Labute approximate surface area is 247 Å². The predicted octanol–water partition coefficient (Wildman–Crippen LogP) is 11.1. The first-order valence-electron chi connectivity index (χ1n) is 18.0. The van der Waals surface area contributed by atoms with Crippen molar-refractivity contribution in [2.75, 3.05) is 0 Å². The van der Waals surface area contributed by atoms with E-state index in [1.54, 1.807) is 0 Å². The van der Waals surface area contributed by atoms with E-state index in [0.717, 1.165) is 44.9 Å². The van der Waals surface area contributed by atoms with Crippen LogP contribution in [0, 0.1) is 40.9 Å². The minimum atomic E-state index is -0.583. The number of rotatable bonds is 14. The summed E-state index contributed by atoms with van der Waals surface area (Å²) < 4.78 is 0. The summed E-state index contributed by atoms with van der Waals surface area (Å²) in [5.74, 6) is 1.19. The molecule has 0 aromatic carbocycles. The fourth-order valence-corrected chi connectivity index (χ4v) is 9.82. The highest BCUT2D eigenvalue weighted by atomic mass is 17.1. The van der Waals surface area contributed by atoms with Crippen molar-refractivity contribution >= 4 is 5.97 Å². The van der Waals surface area contributed by atoms with E-state index in [1.165, 1.54) is 109 Å². The van der Waals surface area contributed by atoms with Crippen LogP contribution in [-0.4, -0.2) is 22.4 Å². The van der Waals surface area contributed by atoms with Crippen LogP contribution in [-0.2, 0) is 9.68 Å². The molecule has 0 aromatic rings. The molecule has 2 N–H and O–H groups in total. The Balaban J connectivity index is 2.06. The van der Waals surface area contributed by atoms with Crippen LogP contribution >= 0.6 is 0 Å². The van der Waals surface area contributed by atoms with Crippen LogP contribution in [0.1, 0.15) is 175 Å². The van der Waals surface area contributed by atoms with Crippen molar-refractivity contribution in [3.63, 3.8) is 0 Å². The van der Waals surface area contributed by atoms with E-state index in [1.807, 2.05) is 0 Å². The molecule has 4 nitrogen and oxygen atoms in total. The van der Waals surface area contributed by atoms with Crippen LogP contribution in [0.4, 0.5) is 0 Å². The molecule has 3 saturated carbocycles. The van der Waals surface area contributed by atoms with Gasteiger partial charge in [-0.3, -0.25) is 10.1 Å². The van der Waals surface area contributed by atoms with Gasteiger partial charge in [-0.1, -0.05) is 136 Å². The SMILES string of the molecule is CCCCCCC1CCC2(CCCCCCC2C(=O)O)C(C(OO)C2CCCCCCC2C)C1CCCCCC. The lowest BCUT2D eigenvalue weighted by atomic mass is 9.47. The highest BCUT2D eigenvalue weighted by molar-refractivity contribution is 5.71. The van der Waals surface area contributed by atoms with Crippen LogP contribution in [0.25, 0.3) is 0 Å². The van der Waals surface area contributed by atoms with Crippen molar-refractivity contribution in [1.29, 1.82) is 0 Å². The summed E-state index contributed by atoms with van der Waals surface area (Å²) in [6, 6.07) is 0. The molecule has 3 aliphatic rings. The fourth-order valence-electron chi connectivity index (χ4n) is 9.82. The third-order valence-electron chi connectivity index (χ3n) is 12.0. The summed E-state index contributed by atoms with van der Waals surface area (Å²) in [6.45, 7) is 6.96. The van der Waals surface area contributed by atoms with Crippen LogP contribution in [0.15, 0.2) is 0 Å². The third-order valence-corrected chi connectivity index (χ3v) is 12.0. The lowest BCUT2D eigenvalue weighted by Gasteiger charge is -2.58. The topological polar surface area (TPSA) is 66.8 Å². The Kier molecular flexibility index (Phi) is 15.4.